The number of fused-ring (bicyclic) bond motifs is 2. The van der Waals surface area contributed by atoms with Gasteiger partial charge in [0.05, 0.1) is 18.8 Å². The Morgan fingerprint density at radius 1 is 0.778 bits per heavy atom. The topological polar surface area (TPSA) is 87.6 Å². The summed E-state index contributed by atoms with van der Waals surface area (Å²) in [5.74, 6) is 0. The summed E-state index contributed by atoms with van der Waals surface area (Å²) >= 11 is 0. The third kappa shape index (κ3) is 3.60. The number of nitrogens with zero attached hydrogens (tertiary/aromatic N) is 6. The van der Waals surface area contributed by atoms with Gasteiger partial charge in [-0.2, -0.15) is 5.10 Å². The zero-order chi connectivity index (χ0) is 24.6. The van der Waals surface area contributed by atoms with E-state index in [1.165, 1.54) is 7.05 Å². The maximum absolute atomic E-state index is 13.5. The van der Waals surface area contributed by atoms with E-state index in [1.807, 2.05) is 47.1 Å². The van der Waals surface area contributed by atoms with Crippen molar-refractivity contribution < 1.29 is 0 Å². The third-order valence-corrected chi connectivity index (χ3v) is 6.47. The highest BCUT2D eigenvalue weighted by Gasteiger charge is 2.23. The average molecular weight is 475 g/mol. The van der Waals surface area contributed by atoms with Crippen LogP contribution in [-0.4, -0.2) is 28.9 Å². The van der Waals surface area contributed by atoms with E-state index in [0.29, 0.717) is 23.3 Å². The molecule has 0 N–H and O–H groups in total. The summed E-state index contributed by atoms with van der Waals surface area (Å²) < 4.78 is 4.53. The van der Waals surface area contributed by atoms with Crippen LogP contribution in [0.2, 0.25) is 0 Å². The lowest BCUT2D eigenvalue weighted by molar-refractivity contribution is 0.652. The van der Waals surface area contributed by atoms with Crippen molar-refractivity contribution in [1.29, 1.82) is 0 Å². The van der Waals surface area contributed by atoms with E-state index >= 15 is 0 Å². The Kier molecular flexibility index (Phi) is 5.26. The molecule has 8 nitrogen and oxygen atoms in total. The van der Waals surface area contributed by atoms with Gasteiger partial charge in [-0.1, -0.05) is 42.5 Å². The van der Waals surface area contributed by atoms with Crippen molar-refractivity contribution in [3.8, 4) is 11.3 Å². The van der Waals surface area contributed by atoms with Gasteiger partial charge in [-0.05, 0) is 46.2 Å². The van der Waals surface area contributed by atoms with E-state index in [1.54, 1.807) is 29.4 Å². The first-order valence-electron chi connectivity index (χ1n) is 11.6. The van der Waals surface area contributed by atoms with Gasteiger partial charge >= 0.3 is 5.69 Å². The maximum atomic E-state index is 13.5. The second-order valence-corrected chi connectivity index (χ2v) is 8.67. The second kappa shape index (κ2) is 8.74. The molecule has 0 atom stereocenters. The third-order valence-electron chi connectivity index (χ3n) is 6.47. The minimum atomic E-state index is -0.416. The zero-order valence-corrected chi connectivity index (χ0v) is 19.6. The fourth-order valence-electron chi connectivity index (χ4n) is 4.68. The van der Waals surface area contributed by atoms with Crippen molar-refractivity contribution in [2.45, 2.75) is 13.1 Å². The normalized spacial score (nSPS) is 11.4. The van der Waals surface area contributed by atoms with Gasteiger partial charge in [-0.3, -0.25) is 28.6 Å². The molecule has 4 heterocycles. The average Bonchev–Trinajstić information content (AvgIpc) is 3.30. The molecule has 0 radical (unpaired) electrons. The van der Waals surface area contributed by atoms with Crippen molar-refractivity contribution in [3.05, 3.63) is 123 Å². The van der Waals surface area contributed by atoms with Gasteiger partial charge in [-0.15, -0.1) is 0 Å². The number of aromatic nitrogens is 6. The van der Waals surface area contributed by atoms with Crippen molar-refractivity contribution >= 4 is 21.8 Å². The zero-order valence-electron chi connectivity index (χ0n) is 19.6. The summed E-state index contributed by atoms with van der Waals surface area (Å²) in [6.45, 7) is 0.702. The van der Waals surface area contributed by atoms with Crippen LogP contribution in [0.1, 0.15) is 11.1 Å². The van der Waals surface area contributed by atoms with E-state index in [0.717, 1.165) is 32.0 Å². The van der Waals surface area contributed by atoms with Crippen molar-refractivity contribution in [2.75, 3.05) is 0 Å². The minimum Gasteiger partial charge on any atom is -0.271 e. The molecule has 0 aliphatic heterocycles. The number of rotatable bonds is 5. The first-order valence-corrected chi connectivity index (χ1v) is 11.6. The lowest BCUT2D eigenvalue weighted by Crippen LogP contribution is -2.38. The summed E-state index contributed by atoms with van der Waals surface area (Å²) in [5.41, 5.74) is 2.98. The van der Waals surface area contributed by atoms with Gasteiger partial charge in [0.1, 0.15) is 5.39 Å². The van der Waals surface area contributed by atoms with Gasteiger partial charge in [0.2, 0.25) is 0 Å². The standard InChI is InChI=1S/C28H22N6O2/c1-32-27(35)24-25(21-11-15-30-16-12-21)34(18-22-7-4-6-20-5-2-3-8-23(20)22)31-26(24)33(28(32)36)17-19-9-13-29-14-10-19/h2-16H,17-18H2,1H3. The summed E-state index contributed by atoms with van der Waals surface area (Å²) in [4.78, 5) is 35.0. The molecule has 8 heteroatoms. The van der Waals surface area contributed by atoms with Crippen LogP contribution in [0.15, 0.2) is 101 Å². The minimum absolute atomic E-state index is 0.271. The Labute approximate surface area is 205 Å². The van der Waals surface area contributed by atoms with E-state index in [2.05, 4.69) is 34.2 Å². The van der Waals surface area contributed by atoms with Crippen LogP contribution in [0.4, 0.5) is 0 Å². The Morgan fingerprint density at radius 2 is 1.47 bits per heavy atom. The van der Waals surface area contributed by atoms with Gasteiger partial charge in [0.15, 0.2) is 5.65 Å². The number of hydrogen-bond acceptors (Lipinski definition) is 5. The molecule has 0 bridgehead atoms. The van der Waals surface area contributed by atoms with Gasteiger partial charge in [-0.25, -0.2) is 4.79 Å². The second-order valence-electron chi connectivity index (χ2n) is 8.67. The summed E-state index contributed by atoms with van der Waals surface area (Å²) in [6, 6.07) is 21.7. The monoisotopic (exact) mass is 474 g/mol. The molecule has 6 aromatic rings. The molecule has 4 aromatic heterocycles. The predicted molar refractivity (Wildman–Crippen MR) is 139 cm³/mol. The van der Waals surface area contributed by atoms with Gasteiger partial charge in [0, 0.05) is 37.4 Å². The van der Waals surface area contributed by atoms with E-state index in [4.69, 9.17) is 5.10 Å². The lowest BCUT2D eigenvalue weighted by atomic mass is 10.0. The van der Waals surface area contributed by atoms with Crippen molar-refractivity contribution in [1.82, 2.24) is 28.9 Å². The summed E-state index contributed by atoms with van der Waals surface area (Å²) in [6.07, 6.45) is 6.74. The highest BCUT2D eigenvalue weighted by Crippen LogP contribution is 2.28. The molecule has 0 aliphatic carbocycles. The van der Waals surface area contributed by atoms with Crippen molar-refractivity contribution in [3.63, 3.8) is 0 Å². The Bertz CT molecular complexity index is 1830. The molecule has 0 unspecified atom stereocenters. The fraction of sp³-hybridized carbons (Fsp3) is 0.107. The summed E-state index contributed by atoms with van der Waals surface area (Å²) in [7, 11) is 1.51. The van der Waals surface area contributed by atoms with Gasteiger partial charge < -0.3 is 0 Å². The maximum Gasteiger partial charge on any atom is 0.332 e. The number of hydrogen-bond donors (Lipinski definition) is 0. The predicted octanol–water partition coefficient (Wildman–Crippen LogP) is 3.60. The van der Waals surface area contributed by atoms with Crippen LogP contribution in [0, 0.1) is 0 Å². The molecule has 0 saturated carbocycles. The lowest BCUT2D eigenvalue weighted by Gasteiger charge is -2.10. The molecular weight excluding hydrogens is 452 g/mol. The first kappa shape index (κ1) is 21.7. The van der Waals surface area contributed by atoms with Crippen LogP contribution in [0.25, 0.3) is 33.1 Å². The molecular formula is C28H22N6O2. The molecule has 36 heavy (non-hydrogen) atoms. The Balaban J connectivity index is 1.64. The quantitative estimate of drug-likeness (QED) is 0.381. The molecule has 6 rings (SSSR count). The fourth-order valence-corrected chi connectivity index (χ4v) is 4.68. The highest BCUT2D eigenvalue weighted by atomic mass is 16.2. The molecule has 176 valence electrons. The van der Waals surface area contributed by atoms with Gasteiger partial charge in [0.25, 0.3) is 5.56 Å². The number of pyridine rings is 2. The first-order chi connectivity index (χ1) is 17.6. The molecule has 0 aliphatic rings. The van der Waals surface area contributed by atoms with Crippen molar-refractivity contribution in [2.24, 2.45) is 7.05 Å². The van der Waals surface area contributed by atoms with E-state index in [-0.39, 0.29) is 12.1 Å². The van der Waals surface area contributed by atoms with E-state index in [9.17, 15) is 9.59 Å². The molecule has 2 aromatic carbocycles. The summed E-state index contributed by atoms with van der Waals surface area (Å²) in [5, 5.41) is 7.52. The van der Waals surface area contributed by atoms with Crippen LogP contribution < -0.4 is 11.2 Å². The van der Waals surface area contributed by atoms with Crippen LogP contribution >= 0.6 is 0 Å². The van der Waals surface area contributed by atoms with Crippen LogP contribution in [0.5, 0.6) is 0 Å². The van der Waals surface area contributed by atoms with Crippen LogP contribution in [0.3, 0.4) is 0 Å². The molecule has 0 fully saturated rings. The molecule has 0 saturated heterocycles. The molecule has 0 spiro atoms. The SMILES string of the molecule is Cn1c(=O)c2c(-c3ccncc3)n(Cc3cccc4ccccc34)nc2n(Cc2ccncc2)c1=O. The van der Waals surface area contributed by atoms with E-state index < -0.39 is 5.69 Å². The Morgan fingerprint density at radius 3 is 2.25 bits per heavy atom. The largest absolute Gasteiger partial charge is 0.332 e. The smallest absolute Gasteiger partial charge is 0.271 e. The van der Waals surface area contributed by atoms with Crippen LogP contribution in [-0.2, 0) is 20.1 Å². The Hall–Kier alpha value is -4.85. The number of benzene rings is 2. The molecule has 0 amide bonds. The highest BCUT2D eigenvalue weighted by molar-refractivity contribution is 5.91.